The molecule has 0 radical (unpaired) electrons. The molecule has 0 bridgehead atoms. The number of benzene rings is 2. The van der Waals surface area contributed by atoms with Crippen molar-refractivity contribution in [3.63, 3.8) is 0 Å². The van der Waals surface area contributed by atoms with Crippen LogP contribution in [0, 0.1) is 0 Å². The molecule has 0 saturated carbocycles. The molecule has 4 nitrogen and oxygen atoms in total. The highest BCUT2D eigenvalue weighted by Gasteiger charge is 2.17. The van der Waals surface area contributed by atoms with E-state index in [2.05, 4.69) is 10.2 Å². The summed E-state index contributed by atoms with van der Waals surface area (Å²) in [6, 6.07) is 15.2. The van der Waals surface area contributed by atoms with E-state index in [1.807, 2.05) is 55.5 Å². The van der Waals surface area contributed by atoms with E-state index in [-0.39, 0.29) is 5.25 Å². The number of methoxy groups -OCH3 is 1. The van der Waals surface area contributed by atoms with Gasteiger partial charge in [0.2, 0.25) is 11.8 Å². The molecule has 3 rings (SSSR count). The molecule has 2 aromatic carbocycles. The van der Waals surface area contributed by atoms with Crippen molar-refractivity contribution in [1.29, 1.82) is 0 Å². The summed E-state index contributed by atoms with van der Waals surface area (Å²) in [5, 5.41) is 9.00. The van der Waals surface area contributed by atoms with Gasteiger partial charge in [0, 0.05) is 10.5 Å². The van der Waals surface area contributed by atoms with Crippen molar-refractivity contribution >= 4 is 23.4 Å². The molecule has 0 aliphatic carbocycles. The molecule has 0 unspecified atom stereocenters. The third kappa shape index (κ3) is 3.68. The molecule has 1 heterocycles. The molecule has 1 aromatic heterocycles. The number of hydrogen-bond donors (Lipinski definition) is 0. The second-order valence-electron chi connectivity index (χ2n) is 4.86. The Morgan fingerprint density at radius 1 is 1.09 bits per heavy atom. The van der Waals surface area contributed by atoms with Crippen LogP contribution in [0.5, 0.6) is 5.75 Å². The van der Waals surface area contributed by atoms with E-state index in [0.29, 0.717) is 11.8 Å². The fraction of sp³-hybridized carbons (Fsp3) is 0.176. The fourth-order valence-corrected chi connectivity index (χ4v) is 3.21. The lowest BCUT2D eigenvalue weighted by molar-refractivity contribution is 0.415. The number of thioether (sulfide) groups is 1. The van der Waals surface area contributed by atoms with Crippen LogP contribution in [-0.4, -0.2) is 17.3 Å². The Morgan fingerprint density at radius 2 is 1.83 bits per heavy atom. The minimum absolute atomic E-state index is 0.00870. The first-order valence-corrected chi connectivity index (χ1v) is 8.32. The van der Waals surface area contributed by atoms with Crippen LogP contribution in [0.25, 0.3) is 11.5 Å². The molecule has 23 heavy (non-hydrogen) atoms. The van der Waals surface area contributed by atoms with E-state index in [1.54, 1.807) is 18.9 Å². The predicted molar refractivity (Wildman–Crippen MR) is 92.0 cm³/mol. The average molecular weight is 347 g/mol. The zero-order valence-corrected chi connectivity index (χ0v) is 14.3. The number of hydrogen-bond acceptors (Lipinski definition) is 5. The maximum absolute atomic E-state index is 6.19. The molecule has 118 valence electrons. The average Bonchev–Trinajstić information content (AvgIpc) is 3.07. The van der Waals surface area contributed by atoms with Gasteiger partial charge in [0.1, 0.15) is 5.75 Å². The summed E-state index contributed by atoms with van der Waals surface area (Å²) in [5.41, 5.74) is 0.861. The van der Waals surface area contributed by atoms with Gasteiger partial charge >= 0.3 is 0 Å². The summed E-state index contributed by atoms with van der Waals surface area (Å²) >= 11 is 7.78. The van der Waals surface area contributed by atoms with Gasteiger partial charge in [-0.25, -0.2) is 0 Å². The minimum Gasteiger partial charge on any atom is -0.497 e. The van der Waals surface area contributed by atoms with E-state index < -0.39 is 0 Å². The summed E-state index contributed by atoms with van der Waals surface area (Å²) in [4.78, 5) is 0.992. The first-order chi connectivity index (χ1) is 11.2. The Kier molecular flexibility index (Phi) is 4.88. The van der Waals surface area contributed by atoms with Crippen molar-refractivity contribution in [2.75, 3.05) is 7.11 Å². The standard InChI is InChI=1S/C17H15ClN2O2S/c1-11(23-15-6-4-3-5-14(15)18)16-19-20-17(22-16)12-7-9-13(21-2)10-8-12/h3-11H,1-2H3/t11-/m1/s1. The van der Waals surface area contributed by atoms with Crippen molar-refractivity contribution in [2.45, 2.75) is 17.1 Å². The molecule has 0 aliphatic rings. The van der Waals surface area contributed by atoms with E-state index in [1.165, 1.54) is 0 Å². The Morgan fingerprint density at radius 3 is 2.52 bits per heavy atom. The van der Waals surface area contributed by atoms with Gasteiger partial charge in [0.05, 0.1) is 17.4 Å². The van der Waals surface area contributed by atoms with Gasteiger partial charge in [0.25, 0.3) is 0 Å². The zero-order valence-electron chi connectivity index (χ0n) is 12.7. The van der Waals surface area contributed by atoms with E-state index in [9.17, 15) is 0 Å². The summed E-state index contributed by atoms with van der Waals surface area (Å²) in [5.74, 6) is 1.85. The SMILES string of the molecule is COc1ccc(-c2nnc([C@@H](C)Sc3ccccc3Cl)o2)cc1. The fourth-order valence-electron chi connectivity index (χ4n) is 2.03. The van der Waals surface area contributed by atoms with Crippen LogP contribution >= 0.6 is 23.4 Å². The summed E-state index contributed by atoms with van der Waals surface area (Å²) in [6.07, 6.45) is 0. The molecule has 0 spiro atoms. The molecule has 6 heteroatoms. The predicted octanol–water partition coefficient (Wildman–Crippen LogP) is 5.25. The van der Waals surface area contributed by atoms with E-state index in [4.69, 9.17) is 20.8 Å². The van der Waals surface area contributed by atoms with Gasteiger partial charge in [-0.3, -0.25) is 0 Å². The number of rotatable bonds is 5. The van der Waals surface area contributed by atoms with Crippen LogP contribution in [-0.2, 0) is 0 Å². The first kappa shape index (κ1) is 15.9. The number of nitrogens with zero attached hydrogens (tertiary/aromatic N) is 2. The normalized spacial score (nSPS) is 12.1. The number of halogens is 1. The second-order valence-corrected chi connectivity index (χ2v) is 6.65. The van der Waals surface area contributed by atoms with Crippen molar-refractivity contribution in [2.24, 2.45) is 0 Å². The quantitative estimate of drug-likeness (QED) is 0.590. The lowest BCUT2D eigenvalue weighted by atomic mass is 10.2. The molecule has 0 N–H and O–H groups in total. The van der Waals surface area contributed by atoms with Crippen LogP contribution in [0.1, 0.15) is 18.1 Å². The third-order valence-corrected chi connectivity index (χ3v) is 4.87. The maximum Gasteiger partial charge on any atom is 0.247 e. The molecular formula is C17H15ClN2O2S. The van der Waals surface area contributed by atoms with Gasteiger partial charge in [0.15, 0.2) is 0 Å². The Labute approximate surface area is 143 Å². The summed E-state index contributed by atoms with van der Waals surface area (Å²) in [7, 11) is 1.63. The molecule has 0 saturated heterocycles. The minimum atomic E-state index is 0.00870. The van der Waals surface area contributed by atoms with Gasteiger partial charge in [-0.15, -0.1) is 22.0 Å². The Balaban J connectivity index is 1.76. The third-order valence-electron chi connectivity index (χ3n) is 3.27. The zero-order chi connectivity index (χ0) is 16.2. The first-order valence-electron chi connectivity index (χ1n) is 7.06. The molecule has 1 atom stereocenters. The molecule has 3 aromatic rings. The van der Waals surface area contributed by atoms with E-state index in [0.717, 1.165) is 21.2 Å². The molecular weight excluding hydrogens is 332 g/mol. The van der Waals surface area contributed by atoms with Gasteiger partial charge in [-0.2, -0.15) is 0 Å². The van der Waals surface area contributed by atoms with Crippen LogP contribution < -0.4 is 4.74 Å². The van der Waals surface area contributed by atoms with Crippen molar-refractivity contribution in [1.82, 2.24) is 10.2 Å². The van der Waals surface area contributed by atoms with E-state index >= 15 is 0 Å². The smallest absolute Gasteiger partial charge is 0.247 e. The van der Waals surface area contributed by atoms with Crippen molar-refractivity contribution in [3.05, 3.63) is 59.4 Å². The number of aromatic nitrogens is 2. The van der Waals surface area contributed by atoms with Crippen molar-refractivity contribution < 1.29 is 9.15 Å². The highest BCUT2D eigenvalue weighted by molar-refractivity contribution is 7.99. The Bertz CT molecular complexity index is 789. The summed E-state index contributed by atoms with van der Waals surface area (Å²) < 4.78 is 10.9. The molecule has 0 amide bonds. The highest BCUT2D eigenvalue weighted by atomic mass is 35.5. The van der Waals surface area contributed by atoms with Gasteiger partial charge in [-0.1, -0.05) is 23.7 Å². The topological polar surface area (TPSA) is 48.2 Å². The summed E-state index contributed by atoms with van der Waals surface area (Å²) in [6.45, 7) is 2.01. The second kappa shape index (κ2) is 7.06. The maximum atomic E-state index is 6.19. The largest absolute Gasteiger partial charge is 0.497 e. The lowest BCUT2D eigenvalue weighted by Gasteiger charge is -2.07. The Hall–Kier alpha value is -1.98. The van der Waals surface area contributed by atoms with Gasteiger partial charge in [-0.05, 0) is 43.3 Å². The molecule has 0 fully saturated rings. The number of ether oxygens (including phenoxy) is 1. The highest BCUT2D eigenvalue weighted by Crippen LogP contribution is 2.38. The van der Waals surface area contributed by atoms with Crippen LogP contribution in [0.4, 0.5) is 0 Å². The van der Waals surface area contributed by atoms with Gasteiger partial charge < -0.3 is 9.15 Å². The van der Waals surface area contributed by atoms with Crippen LogP contribution in [0.15, 0.2) is 57.8 Å². The monoisotopic (exact) mass is 346 g/mol. The van der Waals surface area contributed by atoms with Crippen molar-refractivity contribution in [3.8, 4) is 17.2 Å². The lowest BCUT2D eigenvalue weighted by Crippen LogP contribution is -1.88. The van der Waals surface area contributed by atoms with Crippen LogP contribution in [0.3, 0.4) is 0 Å². The molecule has 0 aliphatic heterocycles. The van der Waals surface area contributed by atoms with Crippen LogP contribution in [0.2, 0.25) is 5.02 Å².